The van der Waals surface area contributed by atoms with E-state index in [1.54, 1.807) is 18.2 Å². The number of amides is 1. The highest BCUT2D eigenvalue weighted by Crippen LogP contribution is 2.25. The zero-order chi connectivity index (χ0) is 17.8. The van der Waals surface area contributed by atoms with Crippen molar-refractivity contribution in [1.29, 1.82) is 0 Å². The van der Waals surface area contributed by atoms with Gasteiger partial charge in [0.1, 0.15) is 5.82 Å². The molecule has 1 saturated heterocycles. The summed E-state index contributed by atoms with van der Waals surface area (Å²) in [4.78, 5) is 14.6. The van der Waals surface area contributed by atoms with Crippen LogP contribution in [0.2, 0.25) is 10.0 Å². The fourth-order valence-corrected chi connectivity index (χ4v) is 3.49. The number of halogens is 3. The minimum Gasteiger partial charge on any atom is -0.326 e. The molecule has 132 valence electrons. The van der Waals surface area contributed by atoms with Crippen molar-refractivity contribution in [1.82, 2.24) is 4.90 Å². The van der Waals surface area contributed by atoms with Gasteiger partial charge >= 0.3 is 0 Å². The lowest BCUT2D eigenvalue weighted by molar-refractivity contribution is -0.121. The lowest BCUT2D eigenvalue weighted by Crippen LogP contribution is -2.37. The summed E-state index contributed by atoms with van der Waals surface area (Å²) in [5.74, 6) is -0.343. The molecule has 0 radical (unpaired) electrons. The molecule has 3 rings (SSSR count). The van der Waals surface area contributed by atoms with Crippen LogP contribution in [-0.2, 0) is 11.3 Å². The number of benzene rings is 2. The number of piperidine rings is 1. The van der Waals surface area contributed by atoms with Crippen LogP contribution in [0.5, 0.6) is 0 Å². The molecule has 6 heteroatoms. The van der Waals surface area contributed by atoms with Gasteiger partial charge in [-0.2, -0.15) is 0 Å². The Morgan fingerprint density at radius 2 is 1.80 bits per heavy atom. The third kappa shape index (κ3) is 4.94. The second-order valence-corrected chi connectivity index (χ2v) is 7.13. The first kappa shape index (κ1) is 18.2. The average molecular weight is 381 g/mol. The highest BCUT2D eigenvalue weighted by molar-refractivity contribution is 6.35. The van der Waals surface area contributed by atoms with Crippen LogP contribution < -0.4 is 5.32 Å². The van der Waals surface area contributed by atoms with Gasteiger partial charge in [0, 0.05) is 28.2 Å². The Balaban J connectivity index is 1.51. The highest BCUT2D eigenvalue weighted by atomic mass is 35.5. The fourth-order valence-electron chi connectivity index (χ4n) is 3.02. The van der Waals surface area contributed by atoms with E-state index in [9.17, 15) is 9.18 Å². The highest BCUT2D eigenvalue weighted by Gasteiger charge is 2.25. The van der Waals surface area contributed by atoms with Gasteiger partial charge in [-0.15, -0.1) is 0 Å². The van der Waals surface area contributed by atoms with E-state index in [-0.39, 0.29) is 17.6 Å². The molecule has 0 saturated carbocycles. The number of nitrogens with one attached hydrogen (secondary N) is 1. The summed E-state index contributed by atoms with van der Waals surface area (Å²) in [6.45, 7) is 2.42. The maximum atomic E-state index is 12.9. The van der Waals surface area contributed by atoms with Crippen LogP contribution in [0.25, 0.3) is 0 Å². The van der Waals surface area contributed by atoms with Crippen LogP contribution in [0, 0.1) is 11.7 Å². The van der Waals surface area contributed by atoms with Gasteiger partial charge < -0.3 is 5.32 Å². The first-order chi connectivity index (χ1) is 12.0. The van der Waals surface area contributed by atoms with Crippen LogP contribution in [0.4, 0.5) is 10.1 Å². The molecular weight excluding hydrogens is 362 g/mol. The van der Waals surface area contributed by atoms with Crippen molar-refractivity contribution in [3.05, 3.63) is 63.9 Å². The second-order valence-electron chi connectivity index (χ2n) is 6.28. The normalized spacial score (nSPS) is 16.0. The molecule has 1 aliphatic heterocycles. The number of carbonyl (C=O) groups is 1. The topological polar surface area (TPSA) is 32.3 Å². The van der Waals surface area contributed by atoms with Gasteiger partial charge in [-0.3, -0.25) is 9.69 Å². The summed E-state index contributed by atoms with van der Waals surface area (Å²) in [6, 6.07) is 11.4. The van der Waals surface area contributed by atoms with Crippen molar-refractivity contribution < 1.29 is 9.18 Å². The van der Waals surface area contributed by atoms with E-state index in [1.807, 2.05) is 12.1 Å². The summed E-state index contributed by atoms with van der Waals surface area (Å²) < 4.78 is 12.9. The smallest absolute Gasteiger partial charge is 0.227 e. The SMILES string of the molecule is O=C(Nc1ccc(F)cc1)C1CCN(Cc2ccc(Cl)cc2Cl)CC1. The first-order valence-corrected chi connectivity index (χ1v) is 8.99. The molecule has 1 heterocycles. The number of likely N-dealkylation sites (tertiary alicyclic amines) is 1. The molecule has 1 aliphatic rings. The summed E-state index contributed by atoms with van der Waals surface area (Å²) in [5, 5.41) is 4.16. The molecule has 25 heavy (non-hydrogen) atoms. The van der Waals surface area contributed by atoms with Gasteiger partial charge in [0.05, 0.1) is 0 Å². The predicted molar refractivity (Wildman–Crippen MR) is 99.5 cm³/mol. The van der Waals surface area contributed by atoms with Crippen molar-refractivity contribution in [3.8, 4) is 0 Å². The molecular formula is C19H19Cl2FN2O. The monoisotopic (exact) mass is 380 g/mol. The van der Waals surface area contributed by atoms with Crippen LogP contribution in [0.3, 0.4) is 0 Å². The summed E-state index contributed by atoms with van der Waals surface area (Å²) in [7, 11) is 0. The maximum Gasteiger partial charge on any atom is 0.227 e. The lowest BCUT2D eigenvalue weighted by atomic mass is 9.95. The Hall–Kier alpha value is -1.62. The van der Waals surface area contributed by atoms with Gasteiger partial charge in [0.15, 0.2) is 0 Å². The van der Waals surface area contributed by atoms with E-state index >= 15 is 0 Å². The standard InChI is InChI=1S/C19H19Cl2FN2O/c20-15-2-1-14(18(21)11-15)12-24-9-7-13(8-10-24)19(25)23-17-5-3-16(22)4-6-17/h1-6,11,13H,7-10,12H2,(H,23,25). The minimum atomic E-state index is -0.313. The Labute approximate surface area is 156 Å². The van der Waals surface area contributed by atoms with Crippen molar-refractivity contribution in [2.75, 3.05) is 18.4 Å². The Kier molecular flexibility index (Phi) is 5.94. The number of rotatable bonds is 4. The number of nitrogens with zero attached hydrogens (tertiary/aromatic N) is 1. The molecule has 2 aromatic rings. The van der Waals surface area contributed by atoms with Crippen LogP contribution in [-0.4, -0.2) is 23.9 Å². The quantitative estimate of drug-likeness (QED) is 0.810. The minimum absolute atomic E-state index is 0.00390. The van der Waals surface area contributed by atoms with Crippen molar-refractivity contribution in [3.63, 3.8) is 0 Å². The molecule has 3 nitrogen and oxygen atoms in total. The summed E-state index contributed by atoms with van der Waals surface area (Å²) in [5.41, 5.74) is 1.67. The van der Waals surface area contributed by atoms with E-state index in [4.69, 9.17) is 23.2 Å². The zero-order valence-corrected chi connectivity index (χ0v) is 15.2. The molecule has 0 atom stereocenters. The molecule has 0 aromatic heterocycles. The number of carbonyl (C=O) groups excluding carboxylic acids is 1. The van der Waals surface area contributed by atoms with Gasteiger partial charge in [0.25, 0.3) is 0 Å². The molecule has 2 aromatic carbocycles. The van der Waals surface area contributed by atoms with E-state index in [0.29, 0.717) is 15.7 Å². The van der Waals surface area contributed by atoms with E-state index in [0.717, 1.165) is 38.0 Å². The number of hydrogen-bond acceptors (Lipinski definition) is 2. The van der Waals surface area contributed by atoms with Crippen molar-refractivity contribution in [2.45, 2.75) is 19.4 Å². The largest absolute Gasteiger partial charge is 0.326 e. The van der Waals surface area contributed by atoms with Crippen LogP contribution >= 0.6 is 23.2 Å². The molecule has 1 amide bonds. The van der Waals surface area contributed by atoms with Gasteiger partial charge in [-0.1, -0.05) is 29.3 Å². The molecule has 0 bridgehead atoms. The van der Waals surface area contributed by atoms with E-state index < -0.39 is 0 Å². The predicted octanol–water partition coefficient (Wildman–Crippen LogP) is 4.98. The molecule has 0 aliphatic carbocycles. The molecule has 1 N–H and O–H groups in total. The lowest BCUT2D eigenvalue weighted by Gasteiger charge is -2.31. The number of anilines is 1. The van der Waals surface area contributed by atoms with Gasteiger partial charge in [0.2, 0.25) is 5.91 Å². The molecule has 0 unspecified atom stereocenters. The zero-order valence-electron chi connectivity index (χ0n) is 13.6. The number of hydrogen-bond donors (Lipinski definition) is 1. The summed E-state index contributed by atoms with van der Waals surface area (Å²) in [6.07, 6.45) is 1.58. The van der Waals surface area contributed by atoms with Crippen LogP contribution in [0.1, 0.15) is 18.4 Å². The van der Waals surface area contributed by atoms with Crippen molar-refractivity contribution in [2.24, 2.45) is 5.92 Å². The third-order valence-electron chi connectivity index (χ3n) is 4.48. The van der Waals surface area contributed by atoms with E-state index in [2.05, 4.69) is 10.2 Å². The first-order valence-electron chi connectivity index (χ1n) is 8.24. The van der Waals surface area contributed by atoms with Crippen molar-refractivity contribution >= 4 is 34.8 Å². The fraction of sp³-hybridized carbons (Fsp3) is 0.316. The third-order valence-corrected chi connectivity index (χ3v) is 5.07. The average Bonchev–Trinajstić information content (AvgIpc) is 2.60. The van der Waals surface area contributed by atoms with E-state index in [1.165, 1.54) is 12.1 Å². The van der Waals surface area contributed by atoms with Gasteiger partial charge in [-0.25, -0.2) is 4.39 Å². The Morgan fingerprint density at radius 3 is 2.44 bits per heavy atom. The Bertz CT molecular complexity index is 744. The second kappa shape index (κ2) is 8.17. The van der Waals surface area contributed by atoms with Gasteiger partial charge in [-0.05, 0) is 67.9 Å². The molecule has 1 fully saturated rings. The Morgan fingerprint density at radius 1 is 1.12 bits per heavy atom. The summed E-state index contributed by atoms with van der Waals surface area (Å²) >= 11 is 12.2. The maximum absolute atomic E-state index is 12.9. The van der Waals surface area contributed by atoms with Crippen LogP contribution in [0.15, 0.2) is 42.5 Å². The molecule has 0 spiro atoms.